The molecule has 0 spiro atoms. The zero-order valence-electron chi connectivity index (χ0n) is 14.8. The summed E-state index contributed by atoms with van der Waals surface area (Å²) in [6.07, 6.45) is 1.72. The fraction of sp³-hybridized carbons (Fsp3) is 0.474. The maximum absolute atomic E-state index is 12.3. The third kappa shape index (κ3) is 4.01. The van der Waals surface area contributed by atoms with E-state index in [-0.39, 0.29) is 11.8 Å². The number of carbonyl (C=O) groups is 1. The molecular formula is C19H27N3O. The summed E-state index contributed by atoms with van der Waals surface area (Å²) in [4.78, 5) is 12.3. The minimum Gasteiger partial charge on any atom is -0.323 e. The van der Waals surface area contributed by atoms with Crippen LogP contribution < -0.4 is 5.32 Å². The molecule has 1 amide bonds. The highest BCUT2D eigenvalue weighted by Crippen LogP contribution is 2.22. The van der Waals surface area contributed by atoms with E-state index in [1.807, 2.05) is 32.4 Å². The van der Waals surface area contributed by atoms with Crippen molar-refractivity contribution in [1.82, 2.24) is 9.78 Å². The highest BCUT2D eigenvalue weighted by Gasteiger charge is 2.19. The maximum atomic E-state index is 12.3. The molecule has 124 valence electrons. The molecule has 4 heteroatoms. The molecule has 0 fully saturated rings. The van der Waals surface area contributed by atoms with Crippen molar-refractivity contribution < 1.29 is 4.79 Å². The third-order valence-corrected chi connectivity index (χ3v) is 4.44. The summed E-state index contributed by atoms with van der Waals surface area (Å²) in [5.74, 6) is 0.158. The summed E-state index contributed by atoms with van der Waals surface area (Å²) < 4.78 is 1.96. The van der Waals surface area contributed by atoms with E-state index in [0.29, 0.717) is 6.54 Å². The number of anilines is 1. The van der Waals surface area contributed by atoms with E-state index in [9.17, 15) is 4.79 Å². The summed E-state index contributed by atoms with van der Waals surface area (Å²) in [5, 5.41) is 7.67. The van der Waals surface area contributed by atoms with Gasteiger partial charge in [0.25, 0.3) is 0 Å². The van der Waals surface area contributed by atoms with Crippen molar-refractivity contribution in [3.63, 3.8) is 0 Å². The molecule has 0 aliphatic rings. The fourth-order valence-corrected chi connectivity index (χ4v) is 2.78. The normalized spacial score (nSPS) is 11.0. The van der Waals surface area contributed by atoms with Gasteiger partial charge in [-0.15, -0.1) is 0 Å². The Labute approximate surface area is 138 Å². The monoisotopic (exact) mass is 313 g/mol. The van der Waals surface area contributed by atoms with Crippen LogP contribution in [0.1, 0.15) is 49.2 Å². The van der Waals surface area contributed by atoms with E-state index < -0.39 is 0 Å². The van der Waals surface area contributed by atoms with Crippen LogP contribution in [-0.2, 0) is 11.3 Å². The SMILES string of the molecule is CCC(CC)C(=O)Nc1c(C)nn(Cc2ccc(C)cc2)c1C. The number of carbonyl (C=O) groups excluding carboxylic acids is 1. The van der Waals surface area contributed by atoms with Crippen LogP contribution in [0.25, 0.3) is 0 Å². The van der Waals surface area contributed by atoms with Crippen LogP contribution in [0.4, 0.5) is 5.69 Å². The van der Waals surface area contributed by atoms with Crippen LogP contribution >= 0.6 is 0 Å². The lowest BCUT2D eigenvalue weighted by atomic mass is 10.0. The first-order chi connectivity index (χ1) is 11.0. The van der Waals surface area contributed by atoms with Crippen molar-refractivity contribution in [2.24, 2.45) is 5.92 Å². The van der Waals surface area contributed by atoms with Crippen LogP contribution in [-0.4, -0.2) is 15.7 Å². The first-order valence-corrected chi connectivity index (χ1v) is 8.36. The molecular weight excluding hydrogens is 286 g/mol. The second kappa shape index (κ2) is 7.44. The molecule has 0 atom stereocenters. The number of amides is 1. The highest BCUT2D eigenvalue weighted by atomic mass is 16.1. The highest BCUT2D eigenvalue weighted by molar-refractivity contribution is 5.93. The van der Waals surface area contributed by atoms with Crippen LogP contribution in [0.2, 0.25) is 0 Å². The molecule has 0 saturated carbocycles. The van der Waals surface area contributed by atoms with E-state index in [0.717, 1.165) is 29.9 Å². The number of benzene rings is 1. The molecule has 2 aromatic rings. The Bertz CT molecular complexity index is 667. The Morgan fingerprint density at radius 2 is 1.74 bits per heavy atom. The molecule has 1 aromatic heterocycles. The van der Waals surface area contributed by atoms with Crippen molar-refractivity contribution in [2.45, 2.75) is 54.0 Å². The first kappa shape index (κ1) is 17.3. The number of nitrogens with zero attached hydrogens (tertiary/aromatic N) is 2. The largest absolute Gasteiger partial charge is 0.323 e. The predicted molar refractivity (Wildman–Crippen MR) is 94.7 cm³/mol. The maximum Gasteiger partial charge on any atom is 0.227 e. The van der Waals surface area contributed by atoms with Gasteiger partial charge in [-0.2, -0.15) is 5.10 Å². The van der Waals surface area contributed by atoms with Gasteiger partial charge in [-0.3, -0.25) is 9.48 Å². The van der Waals surface area contributed by atoms with Gasteiger partial charge in [-0.05, 0) is 39.2 Å². The van der Waals surface area contributed by atoms with Gasteiger partial charge in [0.2, 0.25) is 5.91 Å². The van der Waals surface area contributed by atoms with Gasteiger partial charge in [-0.25, -0.2) is 0 Å². The second-order valence-corrected chi connectivity index (χ2v) is 6.19. The Morgan fingerprint density at radius 3 is 2.30 bits per heavy atom. The molecule has 0 radical (unpaired) electrons. The van der Waals surface area contributed by atoms with Gasteiger partial charge in [-0.1, -0.05) is 43.7 Å². The Hall–Kier alpha value is -2.10. The first-order valence-electron chi connectivity index (χ1n) is 8.36. The molecule has 0 unspecified atom stereocenters. The van der Waals surface area contributed by atoms with E-state index in [1.54, 1.807) is 0 Å². The molecule has 1 N–H and O–H groups in total. The minimum absolute atomic E-state index is 0.0641. The van der Waals surface area contributed by atoms with Crippen molar-refractivity contribution >= 4 is 11.6 Å². The Balaban J connectivity index is 2.18. The number of hydrogen-bond donors (Lipinski definition) is 1. The predicted octanol–water partition coefficient (Wildman–Crippen LogP) is 4.23. The summed E-state index contributed by atoms with van der Waals surface area (Å²) in [6, 6.07) is 8.45. The molecule has 1 heterocycles. The summed E-state index contributed by atoms with van der Waals surface area (Å²) >= 11 is 0. The zero-order valence-corrected chi connectivity index (χ0v) is 14.8. The van der Waals surface area contributed by atoms with Crippen LogP contribution in [0.15, 0.2) is 24.3 Å². The number of aromatic nitrogens is 2. The molecule has 4 nitrogen and oxygen atoms in total. The van der Waals surface area contributed by atoms with Gasteiger partial charge >= 0.3 is 0 Å². The van der Waals surface area contributed by atoms with Crippen molar-refractivity contribution in [1.29, 1.82) is 0 Å². The minimum atomic E-state index is 0.0641. The van der Waals surface area contributed by atoms with Crippen LogP contribution in [0.3, 0.4) is 0 Å². The summed E-state index contributed by atoms with van der Waals surface area (Å²) in [7, 11) is 0. The van der Waals surface area contributed by atoms with Gasteiger partial charge in [0, 0.05) is 5.92 Å². The third-order valence-electron chi connectivity index (χ3n) is 4.44. The lowest BCUT2D eigenvalue weighted by Crippen LogP contribution is -2.22. The van der Waals surface area contributed by atoms with Crippen LogP contribution in [0.5, 0.6) is 0 Å². The van der Waals surface area contributed by atoms with Gasteiger partial charge < -0.3 is 5.32 Å². The van der Waals surface area contributed by atoms with Crippen molar-refractivity contribution in [3.8, 4) is 0 Å². The van der Waals surface area contributed by atoms with Crippen molar-refractivity contribution in [2.75, 3.05) is 5.32 Å². The number of aryl methyl sites for hydroxylation is 2. The summed E-state index contributed by atoms with van der Waals surface area (Å²) in [6.45, 7) is 10.9. The van der Waals surface area contributed by atoms with E-state index in [2.05, 4.69) is 41.6 Å². The Morgan fingerprint density at radius 1 is 1.13 bits per heavy atom. The molecule has 1 aromatic carbocycles. The Kier molecular flexibility index (Phi) is 5.59. The average Bonchev–Trinajstić information content (AvgIpc) is 2.78. The second-order valence-electron chi connectivity index (χ2n) is 6.19. The molecule has 2 rings (SSSR count). The number of rotatable bonds is 6. The lowest BCUT2D eigenvalue weighted by molar-refractivity contribution is -0.120. The smallest absolute Gasteiger partial charge is 0.227 e. The zero-order chi connectivity index (χ0) is 17.0. The van der Waals surface area contributed by atoms with E-state index in [4.69, 9.17) is 0 Å². The average molecular weight is 313 g/mol. The quantitative estimate of drug-likeness (QED) is 0.867. The molecule has 0 bridgehead atoms. The van der Waals surface area contributed by atoms with Crippen LogP contribution in [0, 0.1) is 26.7 Å². The fourth-order valence-electron chi connectivity index (χ4n) is 2.78. The topological polar surface area (TPSA) is 46.9 Å². The molecule has 23 heavy (non-hydrogen) atoms. The van der Waals surface area contributed by atoms with Gasteiger partial charge in [0.05, 0.1) is 23.6 Å². The number of nitrogens with one attached hydrogen (secondary N) is 1. The van der Waals surface area contributed by atoms with Crippen molar-refractivity contribution in [3.05, 3.63) is 46.8 Å². The van der Waals surface area contributed by atoms with E-state index >= 15 is 0 Å². The lowest BCUT2D eigenvalue weighted by Gasteiger charge is -2.13. The summed E-state index contributed by atoms with van der Waals surface area (Å²) in [5.41, 5.74) is 5.18. The van der Waals surface area contributed by atoms with Gasteiger partial charge in [0.15, 0.2) is 0 Å². The molecule has 0 aliphatic carbocycles. The standard InChI is InChI=1S/C19H27N3O/c1-6-17(7-2)19(23)20-18-14(4)21-22(15(18)5)12-16-10-8-13(3)9-11-16/h8-11,17H,6-7,12H2,1-5H3,(H,20,23). The molecule has 0 aliphatic heterocycles. The number of hydrogen-bond acceptors (Lipinski definition) is 2. The molecule has 0 saturated heterocycles. The van der Waals surface area contributed by atoms with Gasteiger partial charge in [0.1, 0.15) is 0 Å². The van der Waals surface area contributed by atoms with E-state index in [1.165, 1.54) is 11.1 Å².